The van der Waals surface area contributed by atoms with Gasteiger partial charge in [-0.15, -0.1) is 0 Å². The Bertz CT molecular complexity index is 711. The standard InChI is InChI=1S/C20H26O5/c1-9-10-4-5-12-19(6-10,15(9)22)17(24)25-8-20(12)11(7-21)13-14(16(20)23)18(13,2)3/h10-15,21-22H,1,4-8H2,2-3H3/t10-,11-,12-,13-,14-,15-,19+,20-/m1/s1. The van der Waals surface area contributed by atoms with Crippen molar-refractivity contribution in [1.82, 2.24) is 0 Å². The maximum atomic E-state index is 13.5. The van der Waals surface area contributed by atoms with Gasteiger partial charge in [-0.1, -0.05) is 20.4 Å². The molecule has 1 aliphatic heterocycles. The number of aliphatic hydroxyl groups is 2. The molecule has 4 saturated carbocycles. The zero-order chi connectivity index (χ0) is 17.9. The first kappa shape index (κ1) is 16.0. The topological polar surface area (TPSA) is 83.8 Å². The van der Waals surface area contributed by atoms with E-state index in [0.717, 1.165) is 12.8 Å². The molecule has 5 heteroatoms. The maximum absolute atomic E-state index is 13.5. The fraction of sp³-hybridized carbons (Fsp3) is 0.800. The van der Waals surface area contributed by atoms with Gasteiger partial charge in [-0.25, -0.2) is 0 Å². The number of fused-ring (bicyclic) bond motifs is 3. The molecule has 5 nitrogen and oxygen atoms in total. The number of carbonyl (C=O) groups is 2. The Morgan fingerprint density at radius 2 is 1.96 bits per heavy atom. The Morgan fingerprint density at radius 1 is 1.24 bits per heavy atom. The highest BCUT2D eigenvalue weighted by Crippen LogP contribution is 2.77. The molecule has 2 N–H and O–H groups in total. The van der Waals surface area contributed by atoms with Crippen LogP contribution in [-0.2, 0) is 14.3 Å². The molecule has 2 spiro atoms. The van der Waals surface area contributed by atoms with Crippen molar-refractivity contribution >= 4 is 11.8 Å². The molecule has 5 rings (SSSR count). The lowest BCUT2D eigenvalue weighted by Crippen LogP contribution is -2.64. The van der Waals surface area contributed by atoms with Crippen LogP contribution in [0.2, 0.25) is 0 Å². The van der Waals surface area contributed by atoms with Gasteiger partial charge in [0.2, 0.25) is 0 Å². The number of hydrogen-bond acceptors (Lipinski definition) is 5. The monoisotopic (exact) mass is 346 g/mol. The van der Waals surface area contributed by atoms with Crippen LogP contribution in [0.4, 0.5) is 0 Å². The minimum Gasteiger partial charge on any atom is -0.464 e. The van der Waals surface area contributed by atoms with Crippen LogP contribution >= 0.6 is 0 Å². The van der Waals surface area contributed by atoms with E-state index >= 15 is 0 Å². The Hall–Kier alpha value is -1.20. The summed E-state index contributed by atoms with van der Waals surface area (Å²) < 4.78 is 5.59. The second-order valence-corrected chi connectivity index (χ2v) is 9.64. The number of carbonyl (C=O) groups excluding carboxylic acids is 2. The SMILES string of the molecule is C=C1[C@@H]2CC[C@@H]3[C@](C2)(C(=O)OC[C@]32C(=O)[C@H]3[C@@H]([C@H]2CO)C3(C)C)[C@@H]1O. The molecule has 1 saturated heterocycles. The zero-order valence-electron chi connectivity index (χ0n) is 14.8. The smallest absolute Gasteiger partial charge is 0.315 e. The van der Waals surface area contributed by atoms with Crippen molar-refractivity contribution < 1.29 is 24.5 Å². The molecule has 0 amide bonds. The van der Waals surface area contributed by atoms with E-state index in [1.807, 2.05) is 0 Å². The van der Waals surface area contributed by atoms with E-state index in [0.29, 0.717) is 12.0 Å². The Balaban J connectivity index is 1.66. The molecule has 4 aliphatic carbocycles. The molecule has 0 aromatic heterocycles. The Kier molecular flexibility index (Phi) is 2.80. The van der Waals surface area contributed by atoms with Gasteiger partial charge in [0.25, 0.3) is 0 Å². The van der Waals surface area contributed by atoms with Gasteiger partial charge in [0, 0.05) is 18.4 Å². The third-order valence-corrected chi connectivity index (χ3v) is 8.76. The lowest BCUT2D eigenvalue weighted by atomic mass is 9.50. The van der Waals surface area contributed by atoms with Crippen LogP contribution in [0.15, 0.2) is 12.2 Å². The van der Waals surface area contributed by atoms with Gasteiger partial charge in [0.15, 0.2) is 0 Å². The molecule has 0 aromatic rings. The van der Waals surface area contributed by atoms with Crippen LogP contribution in [-0.4, -0.2) is 41.3 Å². The lowest BCUT2D eigenvalue weighted by molar-refractivity contribution is -0.210. The highest BCUT2D eigenvalue weighted by Gasteiger charge is 2.82. The van der Waals surface area contributed by atoms with Gasteiger partial charge in [0.1, 0.15) is 17.8 Å². The van der Waals surface area contributed by atoms with Crippen LogP contribution in [0.1, 0.15) is 33.1 Å². The number of ketones is 1. The van der Waals surface area contributed by atoms with Crippen LogP contribution in [0.5, 0.6) is 0 Å². The van der Waals surface area contributed by atoms with E-state index in [1.54, 1.807) is 0 Å². The summed E-state index contributed by atoms with van der Waals surface area (Å²) >= 11 is 0. The van der Waals surface area contributed by atoms with Crippen LogP contribution < -0.4 is 0 Å². The van der Waals surface area contributed by atoms with Crippen molar-refractivity contribution in [1.29, 1.82) is 0 Å². The highest BCUT2D eigenvalue weighted by atomic mass is 16.5. The minimum absolute atomic E-state index is 0.0574. The summed E-state index contributed by atoms with van der Waals surface area (Å²) in [4.78, 5) is 26.4. The van der Waals surface area contributed by atoms with Crippen LogP contribution in [0.3, 0.4) is 0 Å². The Morgan fingerprint density at radius 3 is 2.64 bits per heavy atom. The zero-order valence-corrected chi connectivity index (χ0v) is 14.8. The Labute approximate surface area is 147 Å². The van der Waals surface area contributed by atoms with Gasteiger partial charge < -0.3 is 14.9 Å². The molecule has 2 bridgehead atoms. The largest absolute Gasteiger partial charge is 0.464 e. The van der Waals surface area contributed by atoms with E-state index in [4.69, 9.17) is 4.74 Å². The van der Waals surface area contributed by atoms with E-state index in [2.05, 4.69) is 20.4 Å². The molecule has 0 unspecified atom stereocenters. The van der Waals surface area contributed by atoms with Crippen LogP contribution in [0, 0.1) is 45.8 Å². The van der Waals surface area contributed by atoms with Crippen LogP contribution in [0.25, 0.3) is 0 Å². The summed E-state index contributed by atoms with van der Waals surface area (Å²) in [5.74, 6) is -0.433. The number of Topliss-reactive ketones (excluding diaryl/α,β-unsaturated/α-hetero) is 1. The first-order valence-electron chi connectivity index (χ1n) is 9.43. The van der Waals surface area contributed by atoms with Crippen molar-refractivity contribution in [2.75, 3.05) is 13.2 Å². The minimum atomic E-state index is -1.04. The van der Waals surface area contributed by atoms with E-state index in [-0.39, 0.29) is 60.0 Å². The molecular formula is C20H26O5. The molecule has 8 atom stereocenters. The van der Waals surface area contributed by atoms with Gasteiger partial charge in [0.05, 0.1) is 11.5 Å². The molecule has 0 radical (unpaired) electrons. The molecule has 5 aliphatic rings. The lowest BCUT2D eigenvalue weighted by Gasteiger charge is -2.55. The number of hydrogen-bond donors (Lipinski definition) is 2. The fourth-order valence-corrected chi connectivity index (χ4v) is 7.53. The fourth-order valence-electron chi connectivity index (χ4n) is 7.53. The summed E-state index contributed by atoms with van der Waals surface area (Å²) in [6.45, 7) is 8.20. The number of cyclic esters (lactones) is 1. The maximum Gasteiger partial charge on any atom is 0.315 e. The first-order chi connectivity index (χ1) is 11.7. The summed E-state index contributed by atoms with van der Waals surface area (Å²) in [6, 6.07) is 0. The molecule has 5 fully saturated rings. The number of aliphatic hydroxyl groups excluding tert-OH is 2. The number of ether oxygens (including phenoxy) is 1. The second kappa shape index (κ2) is 4.37. The molecule has 1 heterocycles. The second-order valence-electron chi connectivity index (χ2n) is 9.64. The summed E-state index contributed by atoms with van der Waals surface area (Å²) in [7, 11) is 0. The van der Waals surface area contributed by atoms with Gasteiger partial charge in [-0.2, -0.15) is 0 Å². The first-order valence-corrected chi connectivity index (χ1v) is 9.43. The highest BCUT2D eigenvalue weighted by molar-refractivity contribution is 5.97. The normalized spacial score (nSPS) is 55.1. The van der Waals surface area contributed by atoms with Gasteiger partial charge in [-0.05, 0) is 48.0 Å². The van der Waals surface area contributed by atoms with E-state index < -0.39 is 16.9 Å². The van der Waals surface area contributed by atoms with Crippen molar-refractivity contribution in [2.24, 2.45) is 45.8 Å². The predicted molar refractivity (Wildman–Crippen MR) is 88.1 cm³/mol. The van der Waals surface area contributed by atoms with Gasteiger partial charge >= 0.3 is 5.97 Å². The predicted octanol–water partition coefficient (Wildman–Crippen LogP) is 1.33. The average molecular weight is 346 g/mol. The van der Waals surface area contributed by atoms with Crippen molar-refractivity contribution in [3.05, 3.63) is 12.2 Å². The summed E-state index contributed by atoms with van der Waals surface area (Å²) in [6.07, 6.45) is 1.16. The van der Waals surface area contributed by atoms with E-state index in [1.165, 1.54) is 0 Å². The van der Waals surface area contributed by atoms with Crippen molar-refractivity contribution in [3.8, 4) is 0 Å². The average Bonchev–Trinajstić information content (AvgIpc) is 2.96. The van der Waals surface area contributed by atoms with Gasteiger partial charge in [-0.3, -0.25) is 9.59 Å². The quantitative estimate of drug-likeness (QED) is 0.553. The van der Waals surface area contributed by atoms with Crippen molar-refractivity contribution in [3.63, 3.8) is 0 Å². The molecule has 25 heavy (non-hydrogen) atoms. The number of rotatable bonds is 1. The third kappa shape index (κ3) is 1.44. The molecule has 136 valence electrons. The molecule has 0 aromatic carbocycles. The summed E-state index contributed by atoms with van der Waals surface area (Å²) in [5, 5.41) is 21.1. The van der Waals surface area contributed by atoms with Crippen molar-refractivity contribution in [2.45, 2.75) is 39.2 Å². The summed E-state index contributed by atoms with van der Waals surface area (Å²) in [5.41, 5.74) is -1.24. The van der Waals surface area contributed by atoms with E-state index in [9.17, 15) is 19.8 Å². The third-order valence-electron chi connectivity index (χ3n) is 8.76. The number of esters is 1. The molecular weight excluding hydrogens is 320 g/mol.